The molecule has 1 atom stereocenters. The minimum Gasteiger partial charge on any atom is -0.370 e. The molecule has 1 aromatic heterocycles. The molecule has 1 heterocycles. The largest absolute Gasteiger partial charge is 0.370 e. The number of anilines is 2. The van der Waals surface area contributed by atoms with Gasteiger partial charge in [-0.05, 0) is 19.3 Å². The van der Waals surface area contributed by atoms with Gasteiger partial charge in [0.1, 0.15) is 18.0 Å². The molecular formula is C14H26N4OS. The van der Waals surface area contributed by atoms with Crippen LogP contribution in [0.2, 0.25) is 0 Å². The molecule has 0 spiro atoms. The van der Waals surface area contributed by atoms with E-state index in [2.05, 4.69) is 34.4 Å². The van der Waals surface area contributed by atoms with Crippen LogP contribution in [-0.4, -0.2) is 39.3 Å². The summed E-state index contributed by atoms with van der Waals surface area (Å²) < 4.78 is 11.0. The standard InChI is InChI=1S/C14H26N4OS/c1-4-7-12-13(15-8-5-2)17-11-18-14(12)16-9-6-10-20(3)19/h11H,4-10H2,1-3H3,(H2,15,16,17,18). The highest BCUT2D eigenvalue weighted by Gasteiger charge is 2.09. The quantitative estimate of drug-likeness (QED) is 0.649. The van der Waals surface area contributed by atoms with Crippen molar-refractivity contribution in [3.05, 3.63) is 11.9 Å². The summed E-state index contributed by atoms with van der Waals surface area (Å²) in [6.07, 6.45) is 7.30. The van der Waals surface area contributed by atoms with E-state index in [0.29, 0.717) is 0 Å². The van der Waals surface area contributed by atoms with Gasteiger partial charge in [-0.25, -0.2) is 9.97 Å². The monoisotopic (exact) mass is 298 g/mol. The van der Waals surface area contributed by atoms with Gasteiger partial charge in [-0.3, -0.25) is 4.21 Å². The van der Waals surface area contributed by atoms with Crippen molar-refractivity contribution in [2.75, 3.05) is 35.7 Å². The fraction of sp³-hybridized carbons (Fsp3) is 0.714. The zero-order valence-corrected chi connectivity index (χ0v) is 13.6. The third-order valence-corrected chi connectivity index (χ3v) is 3.75. The molecule has 0 aliphatic heterocycles. The molecule has 1 rings (SSSR count). The first kappa shape index (κ1) is 16.9. The maximum absolute atomic E-state index is 11.0. The lowest BCUT2D eigenvalue weighted by Crippen LogP contribution is -2.12. The molecule has 0 amide bonds. The Bertz CT molecular complexity index is 426. The number of hydrogen-bond acceptors (Lipinski definition) is 5. The van der Waals surface area contributed by atoms with E-state index in [4.69, 9.17) is 0 Å². The Labute approximate surface area is 124 Å². The molecular weight excluding hydrogens is 272 g/mol. The number of nitrogens with one attached hydrogen (secondary N) is 2. The molecule has 0 aliphatic rings. The zero-order chi connectivity index (χ0) is 14.8. The molecule has 114 valence electrons. The van der Waals surface area contributed by atoms with Gasteiger partial charge >= 0.3 is 0 Å². The molecule has 1 unspecified atom stereocenters. The van der Waals surface area contributed by atoms with E-state index in [1.54, 1.807) is 12.6 Å². The van der Waals surface area contributed by atoms with Gasteiger partial charge in [-0.1, -0.05) is 20.3 Å². The Hall–Kier alpha value is -1.17. The fourth-order valence-corrected chi connectivity index (χ4v) is 2.48. The summed E-state index contributed by atoms with van der Waals surface area (Å²) in [6.45, 7) is 6.00. The van der Waals surface area contributed by atoms with Crippen LogP contribution in [0.25, 0.3) is 0 Å². The van der Waals surface area contributed by atoms with Crippen LogP contribution in [0, 0.1) is 0 Å². The van der Waals surface area contributed by atoms with Crippen LogP contribution in [0.15, 0.2) is 6.33 Å². The Kier molecular flexibility index (Phi) is 8.18. The third kappa shape index (κ3) is 5.86. The summed E-state index contributed by atoms with van der Waals surface area (Å²) in [5.74, 6) is 2.56. The van der Waals surface area contributed by atoms with Gasteiger partial charge in [0.2, 0.25) is 0 Å². The van der Waals surface area contributed by atoms with Crippen molar-refractivity contribution in [1.29, 1.82) is 0 Å². The average molecular weight is 298 g/mol. The Morgan fingerprint density at radius 2 is 1.75 bits per heavy atom. The SMILES string of the molecule is CCCNc1ncnc(NCCCS(C)=O)c1CCC. The second-order valence-corrected chi connectivity index (χ2v) is 6.34. The predicted molar refractivity (Wildman–Crippen MR) is 86.8 cm³/mol. The number of nitrogens with zero attached hydrogens (tertiary/aromatic N) is 2. The van der Waals surface area contributed by atoms with Gasteiger partial charge in [0, 0.05) is 41.5 Å². The number of hydrogen-bond donors (Lipinski definition) is 2. The average Bonchev–Trinajstić information content (AvgIpc) is 2.43. The highest BCUT2D eigenvalue weighted by molar-refractivity contribution is 7.84. The minimum atomic E-state index is -0.726. The highest BCUT2D eigenvalue weighted by atomic mass is 32.2. The topological polar surface area (TPSA) is 66.9 Å². The lowest BCUT2D eigenvalue weighted by Gasteiger charge is -2.14. The molecule has 0 radical (unpaired) electrons. The van der Waals surface area contributed by atoms with Crippen molar-refractivity contribution in [3.8, 4) is 0 Å². The van der Waals surface area contributed by atoms with Crippen molar-refractivity contribution in [1.82, 2.24) is 9.97 Å². The Morgan fingerprint density at radius 3 is 2.30 bits per heavy atom. The molecule has 0 fully saturated rings. The van der Waals surface area contributed by atoms with Gasteiger partial charge in [-0.15, -0.1) is 0 Å². The Balaban J connectivity index is 2.69. The van der Waals surface area contributed by atoms with Crippen LogP contribution in [0.1, 0.15) is 38.7 Å². The van der Waals surface area contributed by atoms with E-state index < -0.39 is 10.8 Å². The normalized spacial score (nSPS) is 12.2. The maximum Gasteiger partial charge on any atom is 0.134 e. The maximum atomic E-state index is 11.0. The van der Waals surface area contributed by atoms with Crippen LogP contribution in [0.3, 0.4) is 0 Å². The molecule has 0 bridgehead atoms. The van der Waals surface area contributed by atoms with E-state index in [0.717, 1.165) is 61.7 Å². The molecule has 5 nitrogen and oxygen atoms in total. The molecule has 1 aromatic rings. The predicted octanol–water partition coefficient (Wildman–Crippen LogP) is 2.43. The van der Waals surface area contributed by atoms with Crippen LogP contribution in [-0.2, 0) is 17.2 Å². The lowest BCUT2D eigenvalue weighted by molar-refractivity contribution is 0.685. The van der Waals surface area contributed by atoms with Crippen LogP contribution in [0.4, 0.5) is 11.6 Å². The second kappa shape index (κ2) is 9.69. The molecule has 6 heteroatoms. The summed E-state index contributed by atoms with van der Waals surface area (Å²) >= 11 is 0. The van der Waals surface area contributed by atoms with Gasteiger partial charge in [0.05, 0.1) is 0 Å². The minimum absolute atomic E-state index is 0.724. The first-order valence-electron chi connectivity index (χ1n) is 7.30. The van der Waals surface area contributed by atoms with Crippen LogP contribution in [0.5, 0.6) is 0 Å². The number of rotatable bonds is 10. The first-order valence-corrected chi connectivity index (χ1v) is 9.03. The Morgan fingerprint density at radius 1 is 1.10 bits per heavy atom. The molecule has 20 heavy (non-hydrogen) atoms. The van der Waals surface area contributed by atoms with E-state index in [1.165, 1.54) is 0 Å². The van der Waals surface area contributed by atoms with Crippen molar-refractivity contribution in [2.45, 2.75) is 39.5 Å². The molecule has 0 saturated carbocycles. The van der Waals surface area contributed by atoms with Crippen molar-refractivity contribution < 1.29 is 4.21 Å². The summed E-state index contributed by atoms with van der Waals surface area (Å²) in [5, 5.41) is 6.70. The summed E-state index contributed by atoms with van der Waals surface area (Å²) in [5.41, 5.74) is 1.15. The molecule has 0 saturated heterocycles. The van der Waals surface area contributed by atoms with Crippen LogP contribution < -0.4 is 10.6 Å². The lowest BCUT2D eigenvalue weighted by atomic mass is 10.1. The number of aromatic nitrogens is 2. The van der Waals surface area contributed by atoms with Gasteiger partial charge in [-0.2, -0.15) is 0 Å². The van der Waals surface area contributed by atoms with Crippen molar-refractivity contribution >= 4 is 22.4 Å². The third-order valence-electron chi connectivity index (χ3n) is 2.89. The van der Waals surface area contributed by atoms with E-state index in [1.807, 2.05) is 0 Å². The van der Waals surface area contributed by atoms with E-state index in [9.17, 15) is 4.21 Å². The fourth-order valence-electron chi connectivity index (χ4n) is 1.93. The highest BCUT2D eigenvalue weighted by Crippen LogP contribution is 2.21. The smallest absolute Gasteiger partial charge is 0.134 e. The van der Waals surface area contributed by atoms with E-state index in [-0.39, 0.29) is 0 Å². The summed E-state index contributed by atoms with van der Waals surface area (Å²) in [4.78, 5) is 8.69. The second-order valence-electron chi connectivity index (χ2n) is 4.78. The van der Waals surface area contributed by atoms with Gasteiger partial charge in [0.15, 0.2) is 0 Å². The molecule has 2 N–H and O–H groups in total. The zero-order valence-electron chi connectivity index (χ0n) is 12.7. The van der Waals surface area contributed by atoms with Gasteiger partial charge in [0.25, 0.3) is 0 Å². The molecule has 0 aliphatic carbocycles. The molecule has 0 aromatic carbocycles. The summed E-state index contributed by atoms with van der Waals surface area (Å²) in [7, 11) is -0.726. The van der Waals surface area contributed by atoms with Crippen molar-refractivity contribution in [2.24, 2.45) is 0 Å². The van der Waals surface area contributed by atoms with Crippen molar-refractivity contribution in [3.63, 3.8) is 0 Å². The van der Waals surface area contributed by atoms with Crippen LogP contribution >= 0.6 is 0 Å². The first-order chi connectivity index (χ1) is 9.69. The van der Waals surface area contributed by atoms with E-state index >= 15 is 0 Å². The van der Waals surface area contributed by atoms with Gasteiger partial charge < -0.3 is 10.6 Å². The summed E-state index contributed by atoms with van der Waals surface area (Å²) in [6, 6.07) is 0.